The first-order chi connectivity index (χ1) is 18.6. The van der Waals surface area contributed by atoms with Crippen molar-refractivity contribution in [2.75, 3.05) is 40.0 Å². The number of carbonyl (C=O) groups is 3. The molecule has 0 spiro atoms. The average molecular weight is 542 g/mol. The number of carbonyl (C=O) groups excluding carboxylic acids is 3. The number of hydrogen-bond acceptors (Lipinski definition) is 6. The first-order valence-corrected chi connectivity index (χ1v) is 13.2. The maximum atomic E-state index is 14.0. The van der Waals surface area contributed by atoms with Crippen LogP contribution in [0.25, 0.3) is 0 Å². The molecule has 0 saturated carbocycles. The molecule has 3 unspecified atom stereocenters. The Morgan fingerprint density at radius 1 is 1.13 bits per heavy atom. The van der Waals surface area contributed by atoms with Crippen molar-refractivity contribution in [1.82, 2.24) is 15.5 Å². The second-order valence-corrected chi connectivity index (χ2v) is 10.7. The molecule has 4 rings (SSSR count). The van der Waals surface area contributed by atoms with Crippen molar-refractivity contribution >= 4 is 17.9 Å². The topological polar surface area (TPSA) is 106 Å². The summed E-state index contributed by atoms with van der Waals surface area (Å²) in [5.74, 6) is -0.972. The third-order valence-corrected chi connectivity index (χ3v) is 6.68. The van der Waals surface area contributed by atoms with Crippen molar-refractivity contribution < 1.29 is 33.0 Å². The largest absolute Gasteiger partial charge is 0.486 e. The smallest absolute Gasteiger partial charge is 0.410 e. The molecule has 0 bridgehead atoms. The zero-order valence-electron chi connectivity index (χ0n) is 22.8. The Morgan fingerprint density at radius 2 is 1.87 bits per heavy atom. The van der Waals surface area contributed by atoms with Gasteiger partial charge in [0.15, 0.2) is 0 Å². The van der Waals surface area contributed by atoms with E-state index in [2.05, 4.69) is 10.6 Å². The first-order valence-electron chi connectivity index (χ1n) is 13.2. The van der Waals surface area contributed by atoms with Gasteiger partial charge in [-0.25, -0.2) is 9.18 Å². The number of ether oxygens (including phenoxy) is 3. The van der Waals surface area contributed by atoms with Gasteiger partial charge in [0.25, 0.3) is 11.8 Å². The van der Waals surface area contributed by atoms with Crippen molar-refractivity contribution in [3.05, 3.63) is 64.7 Å². The number of fused-ring (bicyclic) bond motifs is 1. The lowest BCUT2D eigenvalue weighted by Gasteiger charge is -2.34. The molecule has 2 aliphatic heterocycles. The lowest BCUT2D eigenvalue weighted by atomic mass is 9.86. The van der Waals surface area contributed by atoms with Crippen LogP contribution in [-0.2, 0) is 9.47 Å². The Kier molecular flexibility index (Phi) is 8.74. The molecular weight excluding hydrogens is 505 g/mol. The van der Waals surface area contributed by atoms with Crippen LogP contribution < -0.4 is 15.4 Å². The molecule has 1 fully saturated rings. The summed E-state index contributed by atoms with van der Waals surface area (Å²) < 4.78 is 31.2. The highest BCUT2D eigenvalue weighted by Gasteiger charge is 2.39. The predicted octanol–water partition coefficient (Wildman–Crippen LogP) is 3.66. The minimum atomic E-state index is -0.805. The van der Waals surface area contributed by atoms with Gasteiger partial charge in [-0.15, -0.1) is 0 Å². The van der Waals surface area contributed by atoms with Gasteiger partial charge in [0.05, 0.1) is 30.7 Å². The normalized spacial score (nSPS) is 20.5. The van der Waals surface area contributed by atoms with Crippen molar-refractivity contribution in [3.63, 3.8) is 0 Å². The van der Waals surface area contributed by atoms with E-state index >= 15 is 0 Å². The van der Waals surface area contributed by atoms with Crippen LogP contribution in [-0.4, -0.2) is 80.6 Å². The van der Waals surface area contributed by atoms with Crippen molar-refractivity contribution in [2.24, 2.45) is 0 Å². The molecule has 3 atom stereocenters. The molecule has 1 saturated heterocycles. The second-order valence-electron chi connectivity index (χ2n) is 10.7. The number of alkyl halides is 1. The summed E-state index contributed by atoms with van der Waals surface area (Å²) in [5.41, 5.74) is 1.30. The van der Waals surface area contributed by atoms with Crippen molar-refractivity contribution in [3.8, 4) is 5.75 Å². The van der Waals surface area contributed by atoms with E-state index in [9.17, 15) is 18.8 Å². The van der Waals surface area contributed by atoms with Crippen LogP contribution in [0, 0.1) is 0 Å². The van der Waals surface area contributed by atoms with E-state index in [-0.39, 0.29) is 29.2 Å². The second kappa shape index (κ2) is 12.0. The van der Waals surface area contributed by atoms with E-state index in [0.717, 1.165) is 5.56 Å². The fraction of sp³-hybridized carbons (Fsp3) is 0.483. The van der Waals surface area contributed by atoms with Gasteiger partial charge in [-0.2, -0.15) is 0 Å². The summed E-state index contributed by atoms with van der Waals surface area (Å²) in [5, 5.41) is 5.46. The maximum absolute atomic E-state index is 14.0. The molecule has 2 heterocycles. The molecule has 2 N–H and O–H groups in total. The number of rotatable bonds is 7. The molecule has 3 amide bonds. The summed E-state index contributed by atoms with van der Waals surface area (Å²) in [6.07, 6.45) is -0.964. The molecule has 2 aromatic rings. The highest BCUT2D eigenvalue weighted by atomic mass is 19.1. The summed E-state index contributed by atoms with van der Waals surface area (Å²) in [6.45, 7) is 6.20. The van der Waals surface area contributed by atoms with Crippen LogP contribution in [0.2, 0.25) is 0 Å². The van der Waals surface area contributed by atoms with Crippen molar-refractivity contribution in [2.45, 2.75) is 50.9 Å². The molecular formula is C29H36FN3O6. The van der Waals surface area contributed by atoms with Crippen LogP contribution in [0.4, 0.5) is 9.18 Å². The van der Waals surface area contributed by atoms with Crippen LogP contribution in [0.3, 0.4) is 0 Å². The number of benzene rings is 2. The SMILES string of the molecule is CNC(=O)c1cc(C(=O)NCCC2CN(C(=O)OC(C)(C)C)CCO2)cc2c1OC(CF)C2c1ccccc1. The third-order valence-electron chi connectivity index (χ3n) is 6.68. The summed E-state index contributed by atoms with van der Waals surface area (Å²) in [6, 6.07) is 12.5. The van der Waals surface area contributed by atoms with E-state index in [1.54, 1.807) is 11.0 Å². The van der Waals surface area contributed by atoms with Gasteiger partial charge in [0.1, 0.15) is 24.1 Å². The number of halogens is 1. The Hall–Kier alpha value is -3.66. The molecule has 10 heteroatoms. The first kappa shape index (κ1) is 28.4. The maximum Gasteiger partial charge on any atom is 0.410 e. The van der Waals surface area contributed by atoms with Gasteiger partial charge in [-0.1, -0.05) is 30.3 Å². The van der Waals surface area contributed by atoms with Gasteiger partial charge in [-0.3, -0.25) is 9.59 Å². The lowest BCUT2D eigenvalue weighted by molar-refractivity contribution is -0.0440. The monoisotopic (exact) mass is 541 g/mol. The average Bonchev–Trinajstić information content (AvgIpc) is 3.30. The van der Waals surface area contributed by atoms with Gasteiger partial charge >= 0.3 is 6.09 Å². The number of nitrogens with one attached hydrogen (secondary N) is 2. The van der Waals surface area contributed by atoms with Crippen LogP contribution in [0.15, 0.2) is 42.5 Å². The Balaban J connectivity index is 1.47. The molecule has 2 aliphatic rings. The molecule has 39 heavy (non-hydrogen) atoms. The van der Waals surface area contributed by atoms with E-state index < -0.39 is 30.2 Å². The Bertz CT molecular complexity index is 1200. The number of morpholine rings is 1. The quantitative estimate of drug-likeness (QED) is 0.554. The lowest BCUT2D eigenvalue weighted by Crippen LogP contribution is -2.48. The number of amides is 3. The number of nitrogens with zero attached hydrogens (tertiary/aromatic N) is 1. The zero-order chi connectivity index (χ0) is 28.2. The summed E-state index contributed by atoms with van der Waals surface area (Å²) >= 11 is 0. The third kappa shape index (κ3) is 6.68. The van der Waals surface area contributed by atoms with E-state index in [1.165, 1.54) is 13.1 Å². The van der Waals surface area contributed by atoms with Crippen LogP contribution in [0.1, 0.15) is 65.0 Å². The van der Waals surface area contributed by atoms with Gasteiger partial charge in [-0.05, 0) is 44.9 Å². The molecule has 0 aromatic heterocycles. The van der Waals surface area contributed by atoms with Gasteiger partial charge in [0, 0.05) is 31.3 Å². The van der Waals surface area contributed by atoms with Crippen LogP contribution >= 0.6 is 0 Å². The Labute approximate surface area is 228 Å². The Morgan fingerprint density at radius 3 is 2.54 bits per heavy atom. The van der Waals surface area contributed by atoms with Crippen LogP contribution in [0.5, 0.6) is 5.75 Å². The minimum absolute atomic E-state index is 0.181. The van der Waals surface area contributed by atoms with Gasteiger partial charge in [0.2, 0.25) is 0 Å². The summed E-state index contributed by atoms with van der Waals surface area (Å²) in [7, 11) is 1.49. The molecule has 9 nitrogen and oxygen atoms in total. The number of hydrogen-bond donors (Lipinski definition) is 2. The molecule has 2 aromatic carbocycles. The zero-order valence-corrected chi connectivity index (χ0v) is 22.8. The molecule has 0 radical (unpaired) electrons. The van der Waals surface area contributed by atoms with E-state index in [0.29, 0.717) is 44.0 Å². The van der Waals surface area contributed by atoms with E-state index in [4.69, 9.17) is 14.2 Å². The fourth-order valence-electron chi connectivity index (χ4n) is 4.88. The molecule has 0 aliphatic carbocycles. The van der Waals surface area contributed by atoms with Gasteiger partial charge < -0.3 is 29.7 Å². The predicted molar refractivity (Wildman–Crippen MR) is 143 cm³/mol. The highest BCUT2D eigenvalue weighted by molar-refractivity contribution is 6.02. The minimum Gasteiger partial charge on any atom is -0.486 e. The fourth-order valence-corrected chi connectivity index (χ4v) is 4.88. The summed E-state index contributed by atoms with van der Waals surface area (Å²) in [4.78, 5) is 39.9. The molecule has 210 valence electrons. The standard InChI is InChI=1S/C29H36FN3O6/c1-29(2,3)39-28(36)33-12-13-37-20(17-33)10-11-32-26(34)19-14-21-24(18-8-6-5-7-9-18)23(16-30)38-25(21)22(15-19)27(35)31-4/h5-9,14-15,20,23-24H,10-13,16-17H2,1-4H3,(H,31,35)(H,32,34). The van der Waals surface area contributed by atoms with E-state index in [1.807, 2.05) is 51.1 Å². The van der Waals surface area contributed by atoms with Crippen molar-refractivity contribution in [1.29, 1.82) is 0 Å². The highest BCUT2D eigenvalue weighted by Crippen LogP contribution is 2.45.